The van der Waals surface area contributed by atoms with Gasteiger partial charge in [-0.1, -0.05) is 27.2 Å². The molecule has 0 radical (unpaired) electrons. The molecule has 3 heterocycles. The van der Waals surface area contributed by atoms with Crippen LogP contribution in [0.3, 0.4) is 0 Å². The second-order valence-electron chi connectivity index (χ2n) is 8.78. The average molecular weight is 384 g/mol. The van der Waals surface area contributed by atoms with E-state index in [1.807, 2.05) is 25.3 Å². The Morgan fingerprint density at radius 3 is 2.75 bits per heavy atom. The van der Waals surface area contributed by atoms with Crippen molar-refractivity contribution in [1.82, 2.24) is 19.7 Å². The summed E-state index contributed by atoms with van der Waals surface area (Å²) in [5.74, 6) is 0. The Morgan fingerprint density at radius 2 is 2.00 bits per heavy atom. The number of nitrogens with one attached hydrogen (secondary N) is 1. The van der Waals surface area contributed by atoms with Gasteiger partial charge in [0, 0.05) is 48.2 Å². The number of rotatable bonds is 6. The molecule has 0 aromatic carbocycles. The molecule has 6 heteroatoms. The molecule has 6 nitrogen and oxygen atoms in total. The summed E-state index contributed by atoms with van der Waals surface area (Å²) in [4.78, 5) is 19.0. The van der Waals surface area contributed by atoms with Crippen LogP contribution in [0.25, 0.3) is 0 Å². The Morgan fingerprint density at radius 1 is 1.18 bits per heavy atom. The van der Waals surface area contributed by atoms with Gasteiger partial charge in [-0.2, -0.15) is 5.10 Å². The first-order valence-electron chi connectivity index (χ1n) is 10.3. The maximum Gasteiger partial charge on any atom is 0.266 e. The van der Waals surface area contributed by atoms with Gasteiger partial charge in [-0.3, -0.25) is 14.7 Å². The van der Waals surface area contributed by atoms with E-state index in [2.05, 4.69) is 47.1 Å². The van der Waals surface area contributed by atoms with Crippen LogP contribution in [0.1, 0.15) is 51.4 Å². The van der Waals surface area contributed by atoms with Gasteiger partial charge in [0.15, 0.2) is 0 Å². The van der Waals surface area contributed by atoms with E-state index in [1.165, 1.54) is 19.3 Å². The van der Waals surface area contributed by atoms with Gasteiger partial charge in [-0.05, 0) is 44.5 Å². The van der Waals surface area contributed by atoms with Crippen molar-refractivity contribution in [2.45, 2.75) is 65.0 Å². The number of nitrogens with zero attached hydrogens (tertiary/aromatic N) is 4. The molecule has 152 valence electrons. The first-order valence-corrected chi connectivity index (χ1v) is 10.3. The molecule has 28 heavy (non-hydrogen) atoms. The average Bonchev–Trinajstić information content (AvgIpc) is 2.65. The van der Waals surface area contributed by atoms with Gasteiger partial charge in [-0.25, -0.2) is 4.68 Å². The molecule has 1 aliphatic heterocycles. The lowest BCUT2D eigenvalue weighted by molar-refractivity contribution is 0.147. The summed E-state index contributed by atoms with van der Waals surface area (Å²) in [5.41, 5.74) is 3.02. The Bertz CT molecular complexity index is 839. The zero-order chi connectivity index (χ0) is 20.1. The highest BCUT2D eigenvalue weighted by atomic mass is 16.1. The maximum atomic E-state index is 12.3. The fourth-order valence-electron chi connectivity index (χ4n) is 3.71. The molecule has 1 aliphatic rings. The summed E-state index contributed by atoms with van der Waals surface area (Å²) in [6.45, 7) is 11.8. The van der Waals surface area contributed by atoms with Crippen LogP contribution >= 0.6 is 0 Å². The van der Waals surface area contributed by atoms with Crippen LogP contribution in [0.4, 0.5) is 5.69 Å². The molecule has 1 atom stereocenters. The topological polar surface area (TPSA) is 63.1 Å². The first-order chi connectivity index (χ1) is 13.3. The van der Waals surface area contributed by atoms with Gasteiger partial charge in [0.05, 0.1) is 12.2 Å². The van der Waals surface area contributed by atoms with E-state index in [0.29, 0.717) is 12.6 Å². The molecule has 1 saturated heterocycles. The van der Waals surface area contributed by atoms with E-state index in [0.717, 1.165) is 36.7 Å². The Balaban J connectivity index is 1.62. The van der Waals surface area contributed by atoms with E-state index in [9.17, 15) is 4.79 Å². The Hall–Kier alpha value is -2.21. The smallest absolute Gasteiger partial charge is 0.266 e. The van der Waals surface area contributed by atoms with E-state index in [1.54, 1.807) is 10.7 Å². The summed E-state index contributed by atoms with van der Waals surface area (Å²) in [5, 5.41) is 8.17. The second-order valence-corrected chi connectivity index (χ2v) is 8.78. The highest BCUT2D eigenvalue weighted by Crippen LogP contribution is 2.19. The Kier molecular flexibility index (Phi) is 6.50. The SMILES string of the molecule is Cc1cc(NCC2CCCCN2CCn2nc(C(C)(C)C)ccc2=O)ccn1. The molecule has 1 unspecified atom stereocenters. The van der Waals surface area contributed by atoms with Gasteiger partial charge in [-0.15, -0.1) is 0 Å². The lowest BCUT2D eigenvalue weighted by Gasteiger charge is -2.36. The third-order valence-electron chi connectivity index (χ3n) is 5.42. The third-order valence-corrected chi connectivity index (χ3v) is 5.42. The number of aromatic nitrogens is 3. The third kappa shape index (κ3) is 5.41. The van der Waals surface area contributed by atoms with E-state index >= 15 is 0 Å². The molecule has 0 bridgehead atoms. The monoisotopic (exact) mass is 383 g/mol. The molecule has 2 aromatic heterocycles. The van der Waals surface area contributed by atoms with E-state index < -0.39 is 0 Å². The molecule has 0 aliphatic carbocycles. The van der Waals surface area contributed by atoms with Crippen molar-refractivity contribution in [2.75, 3.05) is 25.0 Å². The fraction of sp³-hybridized carbons (Fsp3) is 0.591. The molecule has 0 saturated carbocycles. The number of pyridine rings is 1. The van der Waals surface area contributed by atoms with Crippen molar-refractivity contribution in [3.63, 3.8) is 0 Å². The zero-order valence-corrected chi connectivity index (χ0v) is 17.6. The predicted molar refractivity (Wildman–Crippen MR) is 114 cm³/mol. The minimum Gasteiger partial charge on any atom is -0.383 e. The summed E-state index contributed by atoms with van der Waals surface area (Å²) < 4.78 is 1.63. The maximum absolute atomic E-state index is 12.3. The van der Waals surface area contributed by atoms with Crippen LogP contribution in [0.2, 0.25) is 0 Å². The number of anilines is 1. The van der Waals surface area contributed by atoms with Gasteiger partial charge >= 0.3 is 0 Å². The minimum atomic E-state index is -0.0598. The predicted octanol–water partition coefficient (Wildman–Crippen LogP) is 3.21. The van der Waals surface area contributed by atoms with Crippen molar-refractivity contribution < 1.29 is 0 Å². The molecular formula is C22H33N5O. The summed E-state index contributed by atoms with van der Waals surface area (Å²) >= 11 is 0. The molecule has 3 rings (SSSR count). The van der Waals surface area contributed by atoms with Crippen molar-refractivity contribution >= 4 is 5.69 Å². The van der Waals surface area contributed by atoms with Crippen molar-refractivity contribution in [3.8, 4) is 0 Å². The van der Waals surface area contributed by atoms with Crippen LogP contribution in [-0.2, 0) is 12.0 Å². The van der Waals surface area contributed by atoms with E-state index in [-0.39, 0.29) is 11.0 Å². The lowest BCUT2D eigenvalue weighted by Crippen LogP contribution is -2.45. The molecule has 0 spiro atoms. The number of hydrogen-bond donors (Lipinski definition) is 1. The van der Waals surface area contributed by atoms with Crippen LogP contribution in [0.15, 0.2) is 35.3 Å². The van der Waals surface area contributed by atoms with Crippen molar-refractivity contribution in [2.24, 2.45) is 0 Å². The Labute approximate surface area is 168 Å². The zero-order valence-electron chi connectivity index (χ0n) is 17.6. The van der Waals surface area contributed by atoms with Gasteiger partial charge in [0.1, 0.15) is 0 Å². The normalized spacial score (nSPS) is 18.2. The van der Waals surface area contributed by atoms with Crippen LogP contribution in [-0.4, -0.2) is 45.3 Å². The van der Waals surface area contributed by atoms with E-state index in [4.69, 9.17) is 0 Å². The van der Waals surface area contributed by atoms with Crippen LogP contribution in [0, 0.1) is 6.92 Å². The number of piperidine rings is 1. The highest BCUT2D eigenvalue weighted by molar-refractivity contribution is 5.43. The van der Waals surface area contributed by atoms with Gasteiger partial charge in [0.2, 0.25) is 0 Å². The summed E-state index contributed by atoms with van der Waals surface area (Å²) in [7, 11) is 0. The highest BCUT2D eigenvalue weighted by Gasteiger charge is 2.22. The van der Waals surface area contributed by atoms with Gasteiger partial charge in [0.25, 0.3) is 5.56 Å². The van der Waals surface area contributed by atoms with Crippen molar-refractivity contribution in [3.05, 3.63) is 52.2 Å². The second kappa shape index (κ2) is 8.86. The molecule has 2 aromatic rings. The largest absolute Gasteiger partial charge is 0.383 e. The molecule has 1 fully saturated rings. The van der Waals surface area contributed by atoms with Crippen LogP contribution < -0.4 is 10.9 Å². The van der Waals surface area contributed by atoms with Gasteiger partial charge < -0.3 is 5.32 Å². The quantitative estimate of drug-likeness (QED) is 0.830. The summed E-state index contributed by atoms with van der Waals surface area (Å²) in [6.07, 6.45) is 5.50. The summed E-state index contributed by atoms with van der Waals surface area (Å²) in [6, 6.07) is 8.07. The minimum absolute atomic E-state index is 0.0213. The fourth-order valence-corrected chi connectivity index (χ4v) is 3.71. The number of likely N-dealkylation sites (tertiary alicyclic amines) is 1. The number of hydrogen-bond acceptors (Lipinski definition) is 5. The first kappa shape index (κ1) is 20.5. The lowest BCUT2D eigenvalue weighted by atomic mass is 9.92. The van der Waals surface area contributed by atoms with Crippen LogP contribution in [0.5, 0.6) is 0 Å². The molecule has 0 amide bonds. The molecular weight excluding hydrogens is 350 g/mol. The molecule has 1 N–H and O–H groups in total. The number of aryl methyl sites for hydroxylation is 1. The standard InChI is InChI=1S/C22H33N5O/c1-17-15-18(10-11-23-17)24-16-19-7-5-6-12-26(19)13-14-27-21(28)9-8-20(25-27)22(2,3)4/h8-11,15,19H,5-7,12-14,16H2,1-4H3,(H,23,24). The van der Waals surface area contributed by atoms with Crippen molar-refractivity contribution in [1.29, 1.82) is 0 Å².